The van der Waals surface area contributed by atoms with Crippen molar-refractivity contribution in [3.63, 3.8) is 0 Å². The fourth-order valence-electron chi connectivity index (χ4n) is 2.08. The topological polar surface area (TPSA) is 20.3 Å². The Morgan fingerprint density at radius 2 is 1.93 bits per heavy atom. The van der Waals surface area contributed by atoms with Gasteiger partial charge in [0.15, 0.2) is 0 Å². The van der Waals surface area contributed by atoms with Crippen LogP contribution in [0.15, 0.2) is 0 Å². The first-order valence-corrected chi connectivity index (χ1v) is 7.13. The maximum Gasteiger partial charge on any atom is 0.237 e. The van der Waals surface area contributed by atoms with Crippen LogP contribution in [0.25, 0.3) is 0 Å². The van der Waals surface area contributed by atoms with Gasteiger partial charge < -0.3 is 4.90 Å². The quantitative estimate of drug-likeness (QED) is 0.714. The van der Waals surface area contributed by atoms with Crippen LogP contribution in [0, 0.1) is 0 Å². The second kappa shape index (κ2) is 5.50. The highest BCUT2D eigenvalue weighted by molar-refractivity contribution is 9.12. The van der Waals surface area contributed by atoms with E-state index in [0.717, 1.165) is 12.8 Å². The molecule has 0 aromatic carbocycles. The predicted molar refractivity (Wildman–Crippen MR) is 66.1 cm³/mol. The molecule has 1 saturated heterocycles. The van der Waals surface area contributed by atoms with Crippen LogP contribution in [0.2, 0.25) is 0 Å². The largest absolute Gasteiger partial charge is 0.336 e. The summed E-state index contributed by atoms with van der Waals surface area (Å²) in [7, 11) is 0. The number of hydrogen-bond donors (Lipinski definition) is 0. The van der Waals surface area contributed by atoms with Crippen LogP contribution < -0.4 is 0 Å². The zero-order valence-corrected chi connectivity index (χ0v) is 11.8. The first-order valence-electron chi connectivity index (χ1n) is 5.10. The van der Waals surface area contributed by atoms with Crippen molar-refractivity contribution in [2.75, 3.05) is 5.33 Å². The van der Waals surface area contributed by atoms with Gasteiger partial charge in [0.25, 0.3) is 0 Å². The van der Waals surface area contributed by atoms with Crippen molar-refractivity contribution in [1.29, 1.82) is 0 Å². The molecule has 1 heterocycles. The Hall–Kier alpha value is 0.430. The molecular weight excluding hydrogens is 310 g/mol. The number of rotatable bonds is 2. The molecule has 1 aliphatic rings. The Morgan fingerprint density at radius 1 is 1.43 bits per heavy atom. The fraction of sp³-hybridized carbons (Fsp3) is 0.900. The third-order valence-corrected chi connectivity index (χ3v) is 5.08. The van der Waals surface area contributed by atoms with Gasteiger partial charge in [-0.1, -0.05) is 31.9 Å². The number of nitrogens with zero attached hydrogens (tertiary/aromatic N) is 1. The van der Waals surface area contributed by atoms with Crippen LogP contribution in [-0.4, -0.2) is 33.0 Å². The third kappa shape index (κ3) is 2.72. The summed E-state index contributed by atoms with van der Waals surface area (Å²) >= 11 is 6.72. The monoisotopic (exact) mass is 325 g/mol. The van der Waals surface area contributed by atoms with Gasteiger partial charge in [-0.3, -0.25) is 4.79 Å². The summed E-state index contributed by atoms with van der Waals surface area (Å²) in [5.41, 5.74) is 0. The average Bonchev–Trinajstić information content (AvgIpc) is 2.16. The minimum Gasteiger partial charge on any atom is -0.336 e. The van der Waals surface area contributed by atoms with Crippen molar-refractivity contribution in [3.05, 3.63) is 0 Å². The van der Waals surface area contributed by atoms with Crippen molar-refractivity contribution in [2.24, 2.45) is 0 Å². The van der Waals surface area contributed by atoms with E-state index in [1.54, 1.807) is 0 Å². The van der Waals surface area contributed by atoms with E-state index < -0.39 is 0 Å². The van der Waals surface area contributed by atoms with Gasteiger partial charge in [0, 0.05) is 17.4 Å². The normalized spacial score (nSPS) is 30.1. The van der Waals surface area contributed by atoms with E-state index in [4.69, 9.17) is 0 Å². The second-order valence-electron chi connectivity index (χ2n) is 4.00. The molecule has 0 aromatic rings. The van der Waals surface area contributed by atoms with E-state index in [-0.39, 0.29) is 10.7 Å². The summed E-state index contributed by atoms with van der Waals surface area (Å²) in [5, 5.41) is 0.682. The van der Waals surface area contributed by atoms with Crippen LogP contribution in [0.4, 0.5) is 0 Å². The molecule has 0 radical (unpaired) electrons. The molecule has 0 aliphatic carbocycles. The maximum absolute atomic E-state index is 12.0. The van der Waals surface area contributed by atoms with Gasteiger partial charge in [-0.15, -0.1) is 0 Å². The van der Waals surface area contributed by atoms with Crippen LogP contribution in [0.1, 0.15) is 33.1 Å². The molecule has 1 rings (SSSR count). The lowest BCUT2D eigenvalue weighted by Gasteiger charge is -2.40. The Labute approximate surface area is 103 Å². The number of likely N-dealkylation sites (tertiary alicyclic amines) is 1. The first-order chi connectivity index (χ1) is 6.57. The smallest absolute Gasteiger partial charge is 0.237 e. The number of amides is 1. The molecule has 0 N–H and O–H groups in total. The number of halogens is 2. The third-order valence-electron chi connectivity index (χ3n) is 2.85. The molecule has 0 spiro atoms. The van der Waals surface area contributed by atoms with Gasteiger partial charge in [-0.2, -0.15) is 0 Å². The fourth-order valence-corrected chi connectivity index (χ4v) is 2.60. The predicted octanol–water partition coefficient (Wildman–Crippen LogP) is 2.93. The van der Waals surface area contributed by atoms with Gasteiger partial charge in [-0.05, 0) is 33.1 Å². The number of carbonyl (C=O) groups excluding carboxylic acids is 1. The lowest BCUT2D eigenvalue weighted by molar-refractivity contribution is -0.136. The summed E-state index contributed by atoms with van der Waals surface area (Å²) in [6.45, 7) is 4.28. The van der Waals surface area contributed by atoms with Crippen LogP contribution >= 0.6 is 31.9 Å². The molecule has 0 saturated carbocycles. The molecule has 82 valence electrons. The molecule has 1 amide bonds. The van der Waals surface area contributed by atoms with Crippen molar-refractivity contribution >= 4 is 37.8 Å². The molecule has 0 aromatic heterocycles. The highest BCUT2D eigenvalue weighted by atomic mass is 79.9. The summed E-state index contributed by atoms with van der Waals surface area (Å²) in [6, 6.07) is 0.788. The standard InChI is InChI=1S/C10H17Br2NO/c1-7-4-3-5-8(2)13(7)10(14)9(12)6-11/h7-9H,3-6H2,1-2H3. The first kappa shape index (κ1) is 12.5. The van der Waals surface area contributed by atoms with E-state index >= 15 is 0 Å². The lowest BCUT2D eigenvalue weighted by Crippen LogP contribution is -2.50. The van der Waals surface area contributed by atoms with Crippen molar-refractivity contribution < 1.29 is 4.79 Å². The number of carbonyl (C=O) groups is 1. The minimum atomic E-state index is -0.0782. The minimum absolute atomic E-state index is 0.0782. The molecule has 4 heteroatoms. The van der Waals surface area contributed by atoms with Crippen LogP contribution in [0.3, 0.4) is 0 Å². The number of alkyl halides is 2. The Kier molecular flexibility index (Phi) is 4.91. The van der Waals surface area contributed by atoms with E-state index in [2.05, 4.69) is 45.7 Å². The zero-order chi connectivity index (χ0) is 10.7. The zero-order valence-electron chi connectivity index (χ0n) is 8.67. The second-order valence-corrected chi connectivity index (χ2v) is 5.75. The molecule has 1 aliphatic heterocycles. The molecule has 2 nitrogen and oxygen atoms in total. The maximum atomic E-state index is 12.0. The lowest BCUT2D eigenvalue weighted by atomic mass is 9.97. The molecule has 3 atom stereocenters. The number of piperidine rings is 1. The van der Waals surface area contributed by atoms with Gasteiger partial charge in [0.1, 0.15) is 4.83 Å². The van der Waals surface area contributed by atoms with Gasteiger partial charge in [-0.25, -0.2) is 0 Å². The summed E-state index contributed by atoms with van der Waals surface area (Å²) in [6.07, 6.45) is 3.52. The molecule has 3 unspecified atom stereocenters. The Balaban J connectivity index is 2.67. The van der Waals surface area contributed by atoms with Crippen molar-refractivity contribution in [1.82, 2.24) is 4.90 Å². The molecule has 14 heavy (non-hydrogen) atoms. The SMILES string of the molecule is CC1CCCC(C)N1C(=O)C(Br)CBr. The summed E-state index contributed by atoms with van der Waals surface area (Å²) in [5.74, 6) is 0.224. The van der Waals surface area contributed by atoms with Crippen molar-refractivity contribution in [2.45, 2.75) is 50.0 Å². The summed E-state index contributed by atoms with van der Waals surface area (Å²) in [4.78, 5) is 14.0. The molecular formula is C10H17Br2NO. The van der Waals surface area contributed by atoms with Gasteiger partial charge >= 0.3 is 0 Å². The Morgan fingerprint density at radius 3 is 2.36 bits per heavy atom. The highest BCUT2D eigenvalue weighted by Gasteiger charge is 2.31. The highest BCUT2D eigenvalue weighted by Crippen LogP contribution is 2.24. The van der Waals surface area contributed by atoms with Crippen LogP contribution in [-0.2, 0) is 4.79 Å². The van der Waals surface area contributed by atoms with Crippen LogP contribution in [0.5, 0.6) is 0 Å². The van der Waals surface area contributed by atoms with E-state index in [1.165, 1.54) is 6.42 Å². The molecule has 0 bridgehead atoms. The Bertz CT molecular complexity index is 200. The van der Waals surface area contributed by atoms with Gasteiger partial charge in [0.2, 0.25) is 5.91 Å². The van der Waals surface area contributed by atoms with Crippen molar-refractivity contribution in [3.8, 4) is 0 Å². The average molecular weight is 327 g/mol. The molecule has 1 fully saturated rings. The van der Waals surface area contributed by atoms with E-state index in [0.29, 0.717) is 17.4 Å². The van der Waals surface area contributed by atoms with E-state index in [1.807, 2.05) is 4.90 Å². The number of hydrogen-bond acceptors (Lipinski definition) is 1. The van der Waals surface area contributed by atoms with E-state index in [9.17, 15) is 4.79 Å². The summed E-state index contributed by atoms with van der Waals surface area (Å²) < 4.78 is 0. The van der Waals surface area contributed by atoms with Gasteiger partial charge in [0.05, 0.1) is 0 Å².